The minimum absolute atomic E-state index is 0.0599. The lowest BCUT2D eigenvalue weighted by Crippen LogP contribution is -2.47. The van der Waals surface area contributed by atoms with Crippen LogP contribution in [0.2, 0.25) is 30.1 Å². The zero-order valence-electron chi connectivity index (χ0n) is 38.6. The normalized spacial score (nSPS) is 14.2. The zero-order chi connectivity index (χ0) is 57.0. The molecule has 3 aromatic carbocycles. The number of anilines is 2. The maximum Gasteiger partial charge on any atom is 0.418 e. The molecule has 6 aromatic rings. The Balaban J connectivity index is 0.000000213. The Morgan fingerprint density at radius 3 is 2.08 bits per heavy atom. The third kappa shape index (κ3) is 14.7. The number of H-pyrrole nitrogens is 1. The monoisotopic (exact) mass is 1230 g/mol. The average Bonchev–Trinajstić information content (AvgIpc) is 3.76. The predicted octanol–water partition coefficient (Wildman–Crippen LogP) is 14.3. The third-order valence-electron chi connectivity index (χ3n) is 11.0. The first-order chi connectivity index (χ1) is 35.2. The van der Waals surface area contributed by atoms with Crippen molar-refractivity contribution >= 4 is 122 Å². The van der Waals surface area contributed by atoms with Crippen molar-refractivity contribution in [2.45, 2.75) is 74.4 Å². The quantitative estimate of drug-likeness (QED) is 0.0288. The maximum atomic E-state index is 13.1. The third-order valence-corrected chi connectivity index (χ3v) is 14.0. The first-order valence-corrected chi connectivity index (χ1v) is 24.1. The van der Waals surface area contributed by atoms with E-state index in [1.807, 2.05) is 29.6 Å². The number of pyridine rings is 1. The molecule has 0 radical (unpaired) electrons. The van der Waals surface area contributed by atoms with E-state index in [0.717, 1.165) is 28.2 Å². The summed E-state index contributed by atoms with van der Waals surface area (Å²) < 4.78 is 106. The molecule has 17 nitrogen and oxygen atoms in total. The van der Waals surface area contributed by atoms with Gasteiger partial charge in [-0.2, -0.15) is 36.5 Å². The van der Waals surface area contributed by atoms with E-state index in [2.05, 4.69) is 20.2 Å². The lowest BCUT2D eigenvalue weighted by atomic mass is 9.89. The van der Waals surface area contributed by atoms with Crippen LogP contribution in [0.1, 0.15) is 64.5 Å². The Morgan fingerprint density at radius 2 is 1.59 bits per heavy atom. The number of benzene rings is 3. The van der Waals surface area contributed by atoms with Crippen LogP contribution in [0, 0.1) is 25.0 Å². The molecule has 2 unspecified atom stereocenters. The lowest BCUT2D eigenvalue weighted by molar-refractivity contribution is -0.392. The fourth-order valence-corrected chi connectivity index (χ4v) is 9.27. The van der Waals surface area contributed by atoms with Gasteiger partial charge in [0.1, 0.15) is 28.5 Å². The summed E-state index contributed by atoms with van der Waals surface area (Å²) in [5.74, 6) is -1.45. The molecule has 0 spiro atoms. The van der Waals surface area contributed by atoms with Crippen LogP contribution in [-0.4, -0.2) is 79.1 Å². The number of hydroxylamine groups is 2. The number of nitro groups is 2. The van der Waals surface area contributed by atoms with Crippen molar-refractivity contribution in [2.24, 2.45) is 7.05 Å². The smallest absolute Gasteiger partial charge is 0.386 e. The van der Waals surface area contributed by atoms with Crippen LogP contribution >= 0.6 is 93.4 Å². The number of hydrogen-bond acceptors (Lipinski definition) is 12. The number of nitrogens with one attached hydrogen (secondary N) is 2. The second-order valence-corrected chi connectivity index (χ2v) is 19.9. The van der Waals surface area contributed by atoms with Gasteiger partial charge in [0, 0.05) is 52.0 Å². The summed E-state index contributed by atoms with van der Waals surface area (Å²) in [7, 11) is 2.73. The number of aromatic nitrogens is 6. The van der Waals surface area contributed by atoms with Gasteiger partial charge >= 0.3 is 23.7 Å². The number of carbonyl (C=O) groups excluding carboxylic acids is 1. The van der Waals surface area contributed by atoms with Gasteiger partial charge in [-0.3, -0.25) is 34.5 Å². The van der Waals surface area contributed by atoms with Gasteiger partial charge in [-0.25, -0.2) is 23.5 Å². The van der Waals surface area contributed by atoms with Crippen molar-refractivity contribution in [3.8, 4) is 0 Å². The second-order valence-electron chi connectivity index (χ2n) is 16.3. The number of hydrogen-bond donors (Lipinski definition) is 3. The van der Waals surface area contributed by atoms with E-state index in [0.29, 0.717) is 42.9 Å². The first kappa shape index (κ1) is 61.7. The van der Waals surface area contributed by atoms with Crippen LogP contribution in [0.25, 0.3) is 0 Å². The molecule has 1 aliphatic carbocycles. The number of aromatic amines is 1. The van der Waals surface area contributed by atoms with Crippen LogP contribution in [-0.2, 0) is 43.6 Å². The summed E-state index contributed by atoms with van der Waals surface area (Å²) >= 11 is 47.2. The molecule has 1 saturated carbocycles. The number of carbonyl (C=O) groups is 1. The molecule has 1 fully saturated rings. The molecule has 0 saturated heterocycles. The Morgan fingerprint density at radius 1 is 0.974 bits per heavy atom. The molecular formula is C43H35Cl7F8N10O7S. The van der Waals surface area contributed by atoms with Gasteiger partial charge in [-0.05, 0) is 73.8 Å². The number of halogens is 15. The topological polar surface area (TPSA) is 212 Å². The highest BCUT2D eigenvalue weighted by molar-refractivity contribution is 7.71. The van der Waals surface area contributed by atoms with E-state index in [1.54, 1.807) is 11.6 Å². The molecule has 76 heavy (non-hydrogen) atoms. The van der Waals surface area contributed by atoms with Crippen molar-refractivity contribution < 1.29 is 59.7 Å². The van der Waals surface area contributed by atoms with E-state index < -0.39 is 101 Å². The Labute approximate surface area is 463 Å². The molecule has 0 bridgehead atoms. The number of aryl methyl sites for hydroxylation is 1. The molecule has 3 N–H and O–H groups in total. The zero-order valence-corrected chi connectivity index (χ0v) is 44.7. The van der Waals surface area contributed by atoms with E-state index in [4.69, 9.17) is 98.3 Å². The van der Waals surface area contributed by atoms with Gasteiger partial charge in [0.05, 0.1) is 56.1 Å². The van der Waals surface area contributed by atoms with E-state index in [-0.39, 0.29) is 30.8 Å². The first-order valence-electron chi connectivity index (χ1n) is 21.0. The fraction of sp³-hybridized carbons (Fsp3) is 0.326. The summed E-state index contributed by atoms with van der Waals surface area (Å²) in [6.07, 6.45) is -7.86. The van der Waals surface area contributed by atoms with E-state index in [1.165, 1.54) is 38.8 Å². The molecule has 1 aliphatic rings. The summed E-state index contributed by atoms with van der Waals surface area (Å²) in [5, 5.41) is 43.7. The van der Waals surface area contributed by atoms with Crippen LogP contribution in [0.5, 0.6) is 0 Å². The Kier molecular flexibility index (Phi) is 20.0. The molecular weight excluding hydrogens is 1200 g/mol. The standard InChI is InChI=1S/C16H16Cl3F2N3O2.C14H15Cl2N3OS.C13H4Cl2F6N4O4/c1-8(4-10-12(18)5-9(17)6-13(10)19)24(26-3)16(25)11-7-23(2)22-14(11)15(20)21;15-11-4-2-1-3-10(11)7-14(20,13(16)5-6-13)8-19-12(21)17-9-18-19;14-6-1-4(12(16,17)18)3-22-11(6)23-9-7(24(26)27)2-5(13(19,20)21)8(15)10(9)25(28)29/h5-8,15H,4H2,1-3H3;1-4,9,20H,5-8H2,(H,17,18,21);1-3H,(H,22,23). The van der Waals surface area contributed by atoms with Crippen LogP contribution in [0.15, 0.2) is 67.3 Å². The van der Waals surface area contributed by atoms with Crippen LogP contribution in [0.4, 0.5) is 58.0 Å². The van der Waals surface area contributed by atoms with Crippen molar-refractivity contribution in [3.63, 3.8) is 0 Å². The van der Waals surface area contributed by atoms with Crippen molar-refractivity contribution in [2.75, 3.05) is 12.4 Å². The largest absolute Gasteiger partial charge is 0.418 e. The van der Waals surface area contributed by atoms with Gasteiger partial charge in [-0.1, -0.05) is 87.8 Å². The molecule has 2 atom stereocenters. The molecule has 3 aromatic heterocycles. The minimum atomic E-state index is -5.27. The molecule has 1 amide bonds. The highest BCUT2D eigenvalue weighted by Crippen LogP contribution is 2.53. The molecule has 0 aliphatic heterocycles. The van der Waals surface area contributed by atoms with Crippen molar-refractivity contribution in [1.29, 1.82) is 0 Å². The minimum Gasteiger partial charge on any atom is -0.386 e. The molecule has 7 rings (SSSR count). The summed E-state index contributed by atoms with van der Waals surface area (Å²) in [6, 6.07) is 10.3. The lowest BCUT2D eigenvalue weighted by Gasteiger charge is -2.33. The SMILES string of the molecule is CON(C(=O)c1cn(C)nc1C(F)F)C(C)Cc1c(Cl)cc(Cl)cc1Cl.O=[N+]([O-])c1cc(C(F)(F)F)c(Cl)c([N+](=O)[O-])c1Nc1ncc(C(F)(F)F)cc1Cl.OC(Cc1ccccc1Cl)(Cn1nc[nH]c1=S)C1(Cl)CC1. The number of rotatable bonds is 15. The number of alkyl halides is 9. The van der Waals surface area contributed by atoms with Gasteiger partial charge in [0.15, 0.2) is 10.5 Å². The highest BCUT2D eigenvalue weighted by Gasteiger charge is 2.58. The molecule has 410 valence electrons. The summed E-state index contributed by atoms with van der Waals surface area (Å²) in [4.78, 5) is 42.9. The van der Waals surface area contributed by atoms with Crippen molar-refractivity contribution in [1.82, 2.24) is 34.6 Å². The van der Waals surface area contributed by atoms with E-state index >= 15 is 0 Å². The van der Waals surface area contributed by atoms with Gasteiger partial charge in [0.2, 0.25) is 0 Å². The predicted molar refractivity (Wildman–Crippen MR) is 269 cm³/mol. The average molecular weight is 1240 g/mol. The fourth-order valence-electron chi connectivity index (χ4n) is 7.17. The number of nitrogens with zero attached hydrogens (tertiary/aromatic N) is 8. The summed E-state index contributed by atoms with van der Waals surface area (Å²) in [5.41, 5.74) is -7.80. The van der Waals surface area contributed by atoms with E-state index in [9.17, 15) is 65.3 Å². The second kappa shape index (κ2) is 24.7. The Bertz CT molecular complexity index is 3180. The van der Waals surface area contributed by atoms with Crippen LogP contribution < -0.4 is 5.32 Å². The molecule has 33 heteroatoms. The maximum absolute atomic E-state index is 13.1. The Hall–Kier alpha value is -5.16. The highest BCUT2D eigenvalue weighted by atomic mass is 35.5. The number of nitro benzene ring substituents is 2. The number of amides is 1. The summed E-state index contributed by atoms with van der Waals surface area (Å²) in [6.45, 7) is 1.92. The van der Waals surface area contributed by atoms with Gasteiger partial charge in [0.25, 0.3) is 12.3 Å². The van der Waals surface area contributed by atoms with Gasteiger partial charge < -0.3 is 15.4 Å². The molecule has 3 heterocycles. The van der Waals surface area contributed by atoms with Crippen molar-refractivity contribution in [3.05, 3.63) is 156 Å². The van der Waals surface area contributed by atoms with Gasteiger partial charge in [-0.15, -0.1) is 11.6 Å². The van der Waals surface area contributed by atoms with Crippen LogP contribution in [0.3, 0.4) is 0 Å². The number of aliphatic hydroxyl groups is 1.